The number of rotatable bonds is 11. The average molecular weight is 571 g/mol. The maximum Gasteiger partial charge on any atom is 0.323 e. The van der Waals surface area contributed by atoms with Gasteiger partial charge in [-0.05, 0) is 71.9 Å². The molecule has 0 aromatic heterocycles. The molecule has 3 N–H and O–H groups in total. The van der Waals surface area contributed by atoms with Crippen molar-refractivity contribution in [2.75, 3.05) is 48.9 Å². The molecule has 7 nitrogen and oxygen atoms in total. The van der Waals surface area contributed by atoms with Gasteiger partial charge in [-0.25, -0.2) is 4.79 Å². The lowest BCUT2D eigenvalue weighted by atomic mass is 9.89. The summed E-state index contributed by atoms with van der Waals surface area (Å²) in [6.07, 6.45) is 3.21. The third kappa shape index (κ3) is 8.13. The Labute approximate surface area is 251 Å². The van der Waals surface area contributed by atoms with Gasteiger partial charge in [0.15, 0.2) is 0 Å². The lowest BCUT2D eigenvalue weighted by Crippen LogP contribution is -2.36. The molecule has 1 saturated heterocycles. The molecule has 7 heteroatoms. The highest BCUT2D eigenvalue weighted by Crippen LogP contribution is 2.33. The molecule has 0 saturated carbocycles. The molecule has 0 aliphatic carbocycles. The van der Waals surface area contributed by atoms with E-state index in [-0.39, 0.29) is 23.8 Å². The summed E-state index contributed by atoms with van der Waals surface area (Å²) in [5.41, 5.74) is 6.44. The molecule has 0 radical (unpaired) electrons. The van der Waals surface area contributed by atoms with Crippen molar-refractivity contribution in [3.8, 4) is 0 Å². The van der Waals surface area contributed by atoms with E-state index in [1.165, 1.54) is 5.56 Å². The van der Waals surface area contributed by atoms with E-state index in [2.05, 4.69) is 91.0 Å². The fourth-order valence-electron chi connectivity index (χ4n) is 5.73. The molecular weight excluding hydrogens is 524 g/mol. The quantitative estimate of drug-likeness (QED) is 0.210. The average Bonchev–Trinajstić information content (AvgIpc) is 2.98. The van der Waals surface area contributed by atoms with Crippen LogP contribution in [-0.2, 0) is 11.2 Å². The number of hydrogen-bond acceptors (Lipinski definition) is 4. The number of carbonyl (C=O) groups excluding carboxylic acids is 2. The molecule has 0 spiro atoms. The van der Waals surface area contributed by atoms with E-state index in [9.17, 15) is 9.59 Å². The Kier molecular flexibility index (Phi) is 11.0. The maximum absolute atomic E-state index is 13.3. The maximum atomic E-state index is 13.3. The minimum absolute atomic E-state index is 0.176. The minimum Gasteiger partial charge on any atom is -0.383 e. The zero-order valence-electron chi connectivity index (χ0n) is 25.7. The number of urea groups is 1. The summed E-state index contributed by atoms with van der Waals surface area (Å²) in [6, 6.07) is 22.1. The SMILES string of the molecule is COCCNC(=O)c1cc(NC(=O)Nc2c(C(C)C)cccc2C(C)C)ccc1N1CCC(Cc2ccccc2)CC1. The predicted molar refractivity (Wildman–Crippen MR) is 173 cm³/mol. The first-order valence-electron chi connectivity index (χ1n) is 15.2. The van der Waals surface area contributed by atoms with Crippen LogP contribution in [0.4, 0.5) is 21.9 Å². The molecule has 0 bridgehead atoms. The Hall–Kier alpha value is -3.84. The number of nitrogens with zero attached hydrogens (tertiary/aromatic N) is 1. The van der Waals surface area contributed by atoms with Crippen LogP contribution in [0.1, 0.15) is 79.4 Å². The summed E-state index contributed by atoms with van der Waals surface area (Å²) in [6.45, 7) is 11.1. The second kappa shape index (κ2) is 14.9. The van der Waals surface area contributed by atoms with Gasteiger partial charge in [0.05, 0.1) is 12.2 Å². The molecule has 1 aliphatic rings. The van der Waals surface area contributed by atoms with Crippen molar-refractivity contribution in [1.29, 1.82) is 0 Å². The van der Waals surface area contributed by atoms with Gasteiger partial charge in [0.25, 0.3) is 5.91 Å². The second-order valence-electron chi connectivity index (χ2n) is 11.8. The zero-order chi connectivity index (χ0) is 30.1. The fourth-order valence-corrected chi connectivity index (χ4v) is 5.73. The highest BCUT2D eigenvalue weighted by atomic mass is 16.5. The highest BCUT2D eigenvalue weighted by Gasteiger charge is 2.24. The number of benzene rings is 3. The minimum atomic E-state index is -0.329. The van der Waals surface area contributed by atoms with Crippen molar-refractivity contribution >= 4 is 29.0 Å². The summed E-state index contributed by atoms with van der Waals surface area (Å²) in [4.78, 5) is 28.9. The smallest absolute Gasteiger partial charge is 0.323 e. The van der Waals surface area contributed by atoms with Crippen molar-refractivity contribution in [1.82, 2.24) is 5.32 Å². The largest absolute Gasteiger partial charge is 0.383 e. The lowest BCUT2D eigenvalue weighted by Gasteiger charge is -2.35. The number of amides is 3. The Morgan fingerprint density at radius 1 is 0.881 bits per heavy atom. The van der Waals surface area contributed by atoms with E-state index in [1.807, 2.05) is 18.2 Å². The number of carbonyl (C=O) groups is 2. The third-order valence-electron chi connectivity index (χ3n) is 8.02. The molecule has 1 heterocycles. The number of methoxy groups -OCH3 is 1. The predicted octanol–water partition coefficient (Wildman–Crippen LogP) is 7.41. The summed E-state index contributed by atoms with van der Waals surface area (Å²) in [5, 5.41) is 9.04. The molecule has 4 rings (SSSR count). The zero-order valence-corrected chi connectivity index (χ0v) is 25.7. The van der Waals surface area contributed by atoms with Crippen molar-refractivity contribution in [2.24, 2.45) is 5.92 Å². The number of para-hydroxylation sites is 1. The van der Waals surface area contributed by atoms with Crippen LogP contribution >= 0.6 is 0 Å². The van der Waals surface area contributed by atoms with Gasteiger partial charge >= 0.3 is 6.03 Å². The normalized spacial score (nSPS) is 13.8. The number of anilines is 3. The lowest BCUT2D eigenvalue weighted by molar-refractivity contribution is 0.0937. The van der Waals surface area contributed by atoms with Gasteiger partial charge in [-0.1, -0.05) is 76.2 Å². The third-order valence-corrected chi connectivity index (χ3v) is 8.02. The number of hydrogen-bond donors (Lipinski definition) is 3. The number of piperidine rings is 1. The fraction of sp³-hybridized carbons (Fsp3) is 0.429. The Morgan fingerprint density at radius 3 is 2.17 bits per heavy atom. The van der Waals surface area contributed by atoms with E-state index < -0.39 is 0 Å². The van der Waals surface area contributed by atoms with Gasteiger partial charge in [0.1, 0.15) is 0 Å². The van der Waals surface area contributed by atoms with E-state index >= 15 is 0 Å². The van der Waals surface area contributed by atoms with Crippen LogP contribution in [0.5, 0.6) is 0 Å². The summed E-state index contributed by atoms with van der Waals surface area (Å²) >= 11 is 0. The molecule has 0 unspecified atom stereocenters. The Balaban J connectivity index is 1.51. The van der Waals surface area contributed by atoms with E-state index in [1.54, 1.807) is 13.2 Å². The van der Waals surface area contributed by atoms with Crippen LogP contribution in [0.3, 0.4) is 0 Å². The second-order valence-corrected chi connectivity index (χ2v) is 11.8. The molecule has 42 heavy (non-hydrogen) atoms. The van der Waals surface area contributed by atoms with Crippen molar-refractivity contribution in [2.45, 2.75) is 58.8 Å². The van der Waals surface area contributed by atoms with Gasteiger partial charge in [0, 0.05) is 43.8 Å². The van der Waals surface area contributed by atoms with Gasteiger partial charge in [-0.15, -0.1) is 0 Å². The first-order valence-corrected chi connectivity index (χ1v) is 15.2. The summed E-state index contributed by atoms with van der Waals surface area (Å²) < 4.78 is 5.13. The van der Waals surface area contributed by atoms with Crippen LogP contribution in [0.2, 0.25) is 0 Å². The Morgan fingerprint density at radius 2 is 1.55 bits per heavy atom. The van der Waals surface area contributed by atoms with Crippen molar-refractivity contribution < 1.29 is 14.3 Å². The van der Waals surface area contributed by atoms with E-state index in [0.717, 1.165) is 54.9 Å². The number of nitrogens with one attached hydrogen (secondary N) is 3. The van der Waals surface area contributed by atoms with Crippen LogP contribution in [-0.4, -0.2) is 45.3 Å². The van der Waals surface area contributed by atoms with Crippen LogP contribution in [0, 0.1) is 5.92 Å². The van der Waals surface area contributed by atoms with Crippen LogP contribution in [0.25, 0.3) is 0 Å². The summed E-state index contributed by atoms with van der Waals surface area (Å²) in [7, 11) is 1.61. The highest BCUT2D eigenvalue weighted by molar-refractivity contribution is 6.04. The van der Waals surface area contributed by atoms with Crippen molar-refractivity contribution in [3.63, 3.8) is 0 Å². The van der Waals surface area contributed by atoms with Crippen molar-refractivity contribution in [3.05, 3.63) is 89.0 Å². The van der Waals surface area contributed by atoms with Gasteiger partial charge in [-0.3, -0.25) is 4.79 Å². The molecule has 3 aromatic carbocycles. The topological polar surface area (TPSA) is 82.7 Å². The Bertz CT molecular complexity index is 1310. The van der Waals surface area contributed by atoms with Gasteiger partial charge < -0.3 is 25.6 Å². The molecule has 3 amide bonds. The standard InChI is InChI=1S/C35H46N4O3/c1-24(2)29-12-9-13-30(25(3)4)33(29)38-35(41)37-28-14-15-32(31(23-28)34(40)36-18-21-42-5)39-19-16-27(17-20-39)22-26-10-7-6-8-11-26/h6-15,23-25,27H,16-22H2,1-5H3,(H,36,40)(H2,37,38,41). The molecule has 224 valence electrons. The molecular formula is C35H46N4O3. The number of ether oxygens (including phenoxy) is 1. The molecule has 1 aliphatic heterocycles. The first kappa shape index (κ1) is 31.1. The van der Waals surface area contributed by atoms with E-state index in [4.69, 9.17) is 4.74 Å². The van der Waals surface area contributed by atoms with Gasteiger partial charge in [-0.2, -0.15) is 0 Å². The molecule has 1 fully saturated rings. The monoisotopic (exact) mass is 570 g/mol. The van der Waals surface area contributed by atoms with Crippen LogP contribution < -0.4 is 20.9 Å². The van der Waals surface area contributed by atoms with Gasteiger partial charge in [0.2, 0.25) is 0 Å². The summed E-state index contributed by atoms with van der Waals surface area (Å²) in [5.74, 6) is 0.969. The van der Waals surface area contributed by atoms with Crippen LogP contribution in [0.15, 0.2) is 66.7 Å². The molecule has 0 atom stereocenters. The first-order chi connectivity index (χ1) is 20.3. The molecule has 3 aromatic rings. The van der Waals surface area contributed by atoms with E-state index in [0.29, 0.717) is 30.3 Å².